The molecule has 0 N–H and O–H groups in total. The topological polar surface area (TPSA) is 129 Å². The van der Waals surface area contributed by atoms with Crippen molar-refractivity contribution in [2.75, 3.05) is 0 Å². The van der Waals surface area contributed by atoms with Crippen LogP contribution >= 0.6 is 15.9 Å². The molecule has 0 heterocycles. The second kappa shape index (κ2) is 6.00. The molecular weight excluding hydrogens is 326 g/mol. The van der Waals surface area contributed by atoms with E-state index in [1.807, 2.05) is 0 Å². The van der Waals surface area contributed by atoms with Crippen LogP contribution in [-0.4, -0.2) is 14.8 Å². The number of halogens is 1. The Morgan fingerprint density at radius 3 is 1.79 bits per heavy atom. The summed E-state index contributed by atoms with van der Waals surface area (Å²) in [7, 11) is 0. The quantitative estimate of drug-likeness (QED) is 0.602. The molecule has 0 fully saturated rings. The summed E-state index contributed by atoms with van der Waals surface area (Å²) in [4.78, 5) is 31.1. The minimum absolute atomic E-state index is 0.0874. The van der Waals surface area contributed by atoms with Crippen LogP contribution in [0.3, 0.4) is 0 Å². The average molecular weight is 332 g/mol. The Labute approximate surface area is 114 Å². The zero-order valence-electron chi connectivity index (χ0n) is 9.19. The summed E-state index contributed by atoms with van der Waals surface area (Å²) in [6.07, 6.45) is 1.33. The van der Waals surface area contributed by atoms with Crippen LogP contribution in [0.1, 0.15) is 5.56 Å². The highest BCUT2D eigenvalue weighted by Crippen LogP contribution is 2.34. The van der Waals surface area contributed by atoms with Crippen molar-refractivity contribution in [3.63, 3.8) is 0 Å². The molecule has 0 aliphatic heterocycles. The number of nitro groups is 3. The van der Waals surface area contributed by atoms with E-state index in [0.29, 0.717) is 12.1 Å². The van der Waals surface area contributed by atoms with Crippen molar-refractivity contribution >= 4 is 33.0 Å². The van der Waals surface area contributed by atoms with Gasteiger partial charge in [0.15, 0.2) is 0 Å². The zero-order chi connectivity index (χ0) is 14.6. The third-order valence-corrected chi connectivity index (χ3v) is 2.58. The van der Waals surface area contributed by atoms with Gasteiger partial charge in [-0.25, -0.2) is 0 Å². The van der Waals surface area contributed by atoms with Gasteiger partial charge < -0.3 is 0 Å². The molecule has 0 aromatic heterocycles. The highest BCUT2D eigenvalue weighted by atomic mass is 79.9. The third-order valence-electron chi connectivity index (χ3n) is 2.20. The van der Waals surface area contributed by atoms with Gasteiger partial charge in [0.2, 0.25) is 0 Å². The van der Waals surface area contributed by atoms with Crippen molar-refractivity contribution in [2.24, 2.45) is 0 Å². The lowest BCUT2D eigenvalue weighted by molar-refractivity contribution is -0.404. The van der Waals surface area contributed by atoms with Crippen molar-refractivity contribution in [1.82, 2.24) is 0 Å². The first-order valence-electron chi connectivity index (χ1n) is 4.73. The normalized spacial score (nSPS) is 10.6. The summed E-state index contributed by atoms with van der Waals surface area (Å²) in [5.74, 6) is 0. The van der Waals surface area contributed by atoms with E-state index in [9.17, 15) is 30.3 Å². The van der Waals surface area contributed by atoms with Gasteiger partial charge in [-0.2, -0.15) is 0 Å². The lowest BCUT2D eigenvalue weighted by atomic mass is 10.1. The molecule has 0 aliphatic carbocycles. The average Bonchev–Trinajstić information content (AvgIpc) is 2.34. The van der Waals surface area contributed by atoms with E-state index in [1.165, 1.54) is 11.1 Å². The van der Waals surface area contributed by atoms with E-state index < -0.39 is 31.8 Å². The van der Waals surface area contributed by atoms with Crippen molar-refractivity contribution < 1.29 is 14.8 Å². The summed E-state index contributed by atoms with van der Waals surface area (Å²) >= 11 is 2.94. The molecule has 19 heavy (non-hydrogen) atoms. The van der Waals surface area contributed by atoms with Gasteiger partial charge in [-0.3, -0.25) is 30.3 Å². The lowest BCUT2D eigenvalue weighted by Crippen LogP contribution is -2.02. The molecule has 0 bridgehead atoms. The summed E-state index contributed by atoms with van der Waals surface area (Å²) in [5.41, 5.74) is -2.17. The second-order valence-electron chi connectivity index (χ2n) is 3.30. The molecule has 0 saturated carbocycles. The van der Waals surface area contributed by atoms with Gasteiger partial charge in [0, 0.05) is 6.42 Å². The molecule has 100 valence electrons. The third kappa shape index (κ3) is 3.31. The van der Waals surface area contributed by atoms with Crippen LogP contribution in [-0.2, 0) is 6.42 Å². The second-order valence-corrected chi connectivity index (χ2v) is 3.83. The predicted octanol–water partition coefficient (Wildman–Crippen LogP) is 2.86. The molecule has 1 aromatic carbocycles. The molecule has 1 aromatic rings. The van der Waals surface area contributed by atoms with Crippen LogP contribution in [0.15, 0.2) is 23.2 Å². The molecule has 10 heteroatoms. The van der Waals surface area contributed by atoms with E-state index in [4.69, 9.17) is 0 Å². The number of hydrogen-bond donors (Lipinski definition) is 0. The van der Waals surface area contributed by atoms with E-state index in [1.54, 1.807) is 0 Å². The number of nitrogens with zero attached hydrogens (tertiary/aromatic N) is 3. The Hall–Kier alpha value is -2.36. The van der Waals surface area contributed by atoms with Crippen molar-refractivity contribution in [3.8, 4) is 0 Å². The van der Waals surface area contributed by atoms with Crippen LogP contribution in [0.5, 0.6) is 0 Å². The summed E-state index contributed by atoms with van der Waals surface area (Å²) in [5, 5.41) is 32.3. The monoisotopic (exact) mass is 331 g/mol. The summed E-state index contributed by atoms with van der Waals surface area (Å²) < 4.78 is 0. The van der Waals surface area contributed by atoms with Gasteiger partial charge in [-0.15, -0.1) is 0 Å². The number of allylic oxidation sites excluding steroid dienone is 1. The van der Waals surface area contributed by atoms with Crippen LogP contribution in [0.2, 0.25) is 0 Å². The zero-order valence-corrected chi connectivity index (χ0v) is 10.8. The van der Waals surface area contributed by atoms with Crippen molar-refractivity contribution in [3.05, 3.63) is 59.1 Å². The maximum atomic E-state index is 10.9. The van der Waals surface area contributed by atoms with Crippen LogP contribution in [0.4, 0.5) is 17.1 Å². The molecule has 9 nitrogen and oxygen atoms in total. The van der Waals surface area contributed by atoms with Gasteiger partial charge in [0.25, 0.3) is 17.1 Å². The van der Waals surface area contributed by atoms with Gasteiger partial charge >= 0.3 is 0 Å². The van der Waals surface area contributed by atoms with Crippen molar-refractivity contribution in [1.29, 1.82) is 0 Å². The number of benzene rings is 1. The lowest BCUT2D eigenvalue weighted by Gasteiger charge is -2.02. The standard InChI is InChI=1S/C9H6BrN3O6/c10-3-1-2-7-8(12(16)17)4-6(11(14)15)5-9(7)13(18)19/h1,3-5H,2H2. The largest absolute Gasteiger partial charge is 0.286 e. The van der Waals surface area contributed by atoms with E-state index in [2.05, 4.69) is 15.9 Å². The smallest absolute Gasteiger partial charge is 0.258 e. The molecule has 0 saturated heterocycles. The molecule has 0 radical (unpaired) electrons. The fraction of sp³-hybridized carbons (Fsp3) is 0.111. The number of hydrogen-bond acceptors (Lipinski definition) is 6. The van der Waals surface area contributed by atoms with Crippen LogP contribution < -0.4 is 0 Å². The molecule has 0 spiro atoms. The first-order valence-corrected chi connectivity index (χ1v) is 5.65. The summed E-state index contributed by atoms with van der Waals surface area (Å²) in [6.45, 7) is 0. The number of rotatable bonds is 5. The molecule has 0 unspecified atom stereocenters. The molecule has 1 rings (SSSR count). The highest BCUT2D eigenvalue weighted by Gasteiger charge is 2.29. The maximum absolute atomic E-state index is 10.9. The Kier molecular flexibility index (Phi) is 4.64. The van der Waals surface area contributed by atoms with Crippen molar-refractivity contribution in [2.45, 2.75) is 6.42 Å². The minimum Gasteiger partial charge on any atom is -0.258 e. The Morgan fingerprint density at radius 2 is 1.47 bits per heavy atom. The van der Waals surface area contributed by atoms with E-state index in [0.717, 1.165) is 0 Å². The van der Waals surface area contributed by atoms with Crippen LogP contribution in [0, 0.1) is 30.3 Å². The molecular formula is C9H6BrN3O6. The fourth-order valence-electron chi connectivity index (χ4n) is 1.43. The van der Waals surface area contributed by atoms with Gasteiger partial charge in [0.1, 0.15) is 5.56 Å². The van der Waals surface area contributed by atoms with Gasteiger partial charge in [-0.1, -0.05) is 22.0 Å². The Balaban J connectivity index is 3.59. The molecule has 0 aliphatic rings. The molecule has 0 atom stereocenters. The van der Waals surface area contributed by atoms with Crippen LogP contribution in [0.25, 0.3) is 0 Å². The first-order chi connectivity index (χ1) is 8.88. The van der Waals surface area contributed by atoms with E-state index >= 15 is 0 Å². The Morgan fingerprint density at radius 1 is 1.00 bits per heavy atom. The van der Waals surface area contributed by atoms with Gasteiger partial charge in [0.05, 0.1) is 26.9 Å². The summed E-state index contributed by atoms with van der Waals surface area (Å²) in [6, 6.07) is 1.43. The first kappa shape index (κ1) is 14.7. The predicted molar refractivity (Wildman–Crippen MR) is 68.2 cm³/mol. The van der Waals surface area contributed by atoms with E-state index in [-0.39, 0.29) is 12.0 Å². The highest BCUT2D eigenvalue weighted by molar-refractivity contribution is 9.11. The minimum atomic E-state index is -0.913. The number of nitro benzene ring substituents is 3. The maximum Gasteiger partial charge on any atom is 0.286 e. The fourth-order valence-corrected chi connectivity index (χ4v) is 1.62. The Bertz CT molecular complexity index is 550. The number of non-ortho nitro benzene ring substituents is 1. The SMILES string of the molecule is O=[N+]([O-])c1cc([N+](=O)[O-])c(CC=CBr)c([N+](=O)[O-])c1. The molecule has 0 amide bonds. The van der Waals surface area contributed by atoms with Gasteiger partial charge in [-0.05, 0) is 4.99 Å².